The van der Waals surface area contributed by atoms with Crippen LogP contribution in [0.2, 0.25) is 0 Å². The molecule has 0 amide bonds. The smallest absolute Gasteiger partial charge is 0.0560 e. The van der Waals surface area contributed by atoms with E-state index in [4.69, 9.17) is 10.8 Å². The molecule has 0 unspecified atom stereocenters. The number of aliphatic hydroxyl groups is 1. The van der Waals surface area contributed by atoms with Crippen molar-refractivity contribution in [2.75, 3.05) is 18.6 Å². The second-order valence-electron chi connectivity index (χ2n) is 2.01. The number of nitrogens with two attached hydrogens (primary N) is 1. The second kappa shape index (κ2) is 6.39. The first-order valence-corrected chi connectivity index (χ1v) is 4.57. The Balaban J connectivity index is 2.95. The molecule has 9 heavy (non-hydrogen) atoms. The van der Waals surface area contributed by atoms with Gasteiger partial charge in [-0.05, 0) is 31.4 Å². The molecule has 0 rings (SSSR count). The summed E-state index contributed by atoms with van der Waals surface area (Å²) in [5.41, 5.74) is 5.23. The molecule has 0 bridgehead atoms. The van der Waals surface area contributed by atoms with Gasteiger partial charge in [-0.15, -0.1) is 0 Å². The predicted molar refractivity (Wildman–Crippen MR) is 42.7 cm³/mol. The Morgan fingerprint density at radius 2 is 2.22 bits per heavy atom. The number of rotatable bonds is 5. The molecule has 0 saturated heterocycles. The van der Waals surface area contributed by atoms with E-state index in [0.29, 0.717) is 6.54 Å². The third kappa shape index (κ3) is 6.15. The number of aliphatic hydroxyl groups excluding tert-OH is 1. The van der Waals surface area contributed by atoms with E-state index in [1.807, 2.05) is 6.26 Å². The van der Waals surface area contributed by atoms with Gasteiger partial charge >= 0.3 is 0 Å². The molecule has 0 spiro atoms. The van der Waals surface area contributed by atoms with Crippen LogP contribution in [0, 0.1) is 0 Å². The highest BCUT2D eigenvalue weighted by atomic mass is 32.2. The van der Waals surface area contributed by atoms with Crippen molar-refractivity contribution in [2.24, 2.45) is 5.73 Å². The fraction of sp³-hybridized carbons (Fsp3) is 1.00. The highest BCUT2D eigenvalue weighted by Crippen LogP contribution is 2.01. The van der Waals surface area contributed by atoms with Crippen LogP contribution in [0.5, 0.6) is 0 Å². The summed E-state index contributed by atoms with van der Waals surface area (Å²) < 4.78 is 0. The van der Waals surface area contributed by atoms with Gasteiger partial charge in [0.1, 0.15) is 0 Å². The largest absolute Gasteiger partial charge is 0.393 e. The topological polar surface area (TPSA) is 46.2 Å². The second-order valence-corrected chi connectivity index (χ2v) is 3.00. The molecule has 0 aromatic heterocycles. The first-order chi connectivity index (χ1) is 4.31. The van der Waals surface area contributed by atoms with Gasteiger partial charge in [-0.3, -0.25) is 0 Å². The summed E-state index contributed by atoms with van der Waals surface area (Å²) in [7, 11) is 0. The van der Waals surface area contributed by atoms with Gasteiger partial charge in [-0.25, -0.2) is 0 Å². The molecule has 0 aliphatic carbocycles. The molecule has 0 saturated carbocycles. The lowest BCUT2D eigenvalue weighted by atomic mass is 10.2. The zero-order valence-corrected chi connectivity index (χ0v) is 6.66. The van der Waals surface area contributed by atoms with E-state index >= 15 is 0 Å². The summed E-state index contributed by atoms with van der Waals surface area (Å²) in [6, 6.07) is 0. The first-order valence-electron chi connectivity index (χ1n) is 3.18. The minimum atomic E-state index is -0.178. The molecule has 1 atom stereocenters. The Morgan fingerprint density at radius 1 is 1.56 bits per heavy atom. The minimum Gasteiger partial charge on any atom is -0.393 e. The van der Waals surface area contributed by atoms with Crippen LogP contribution in [0.3, 0.4) is 0 Å². The summed E-state index contributed by atoms with van der Waals surface area (Å²) in [4.78, 5) is 0. The van der Waals surface area contributed by atoms with Crippen LogP contribution in [-0.4, -0.2) is 29.8 Å². The molecule has 0 aliphatic rings. The lowest BCUT2D eigenvalue weighted by Crippen LogP contribution is -2.13. The standard InChI is InChI=1S/C6H15NOS/c1-9-5-3-6(8)2-4-7/h6,8H,2-5,7H2,1H3/t6-/m0/s1. The van der Waals surface area contributed by atoms with Gasteiger partial charge in [0.2, 0.25) is 0 Å². The van der Waals surface area contributed by atoms with Crippen molar-refractivity contribution in [3.05, 3.63) is 0 Å². The molecule has 0 heterocycles. The molecule has 0 radical (unpaired) electrons. The quantitative estimate of drug-likeness (QED) is 0.596. The van der Waals surface area contributed by atoms with Crippen molar-refractivity contribution in [3.63, 3.8) is 0 Å². The van der Waals surface area contributed by atoms with Crippen LogP contribution in [0.4, 0.5) is 0 Å². The van der Waals surface area contributed by atoms with Gasteiger partial charge < -0.3 is 10.8 Å². The van der Waals surface area contributed by atoms with Crippen molar-refractivity contribution in [2.45, 2.75) is 18.9 Å². The Labute approximate surface area is 60.8 Å². The van der Waals surface area contributed by atoms with Crippen LogP contribution < -0.4 is 5.73 Å². The van der Waals surface area contributed by atoms with E-state index in [1.54, 1.807) is 11.8 Å². The zero-order valence-electron chi connectivity index (χ0n) is 5.84. The van der Waals surface area contributed by atoms with E-state index in [2.05, 4.69) is 0 Å². The third-order valence-corrected chi connectivity index (χ3v) is 1.80. The van der Waals surface area contributed by atoms with Crippen molar-refractivity contribution in [3.8, 4) is 0 Å². The molecular formula is C6H15NOS. The highest BCUT2D eigenvalue weighted by Gasteiger charge is 1.99. The Hall–Kier alpha value is 0.270. The summed E-state index contributed by atoms with van der Waals surface area (Å²) in [5.74, 6) is 1.03. The summed E-state index contributed by atoms with van der Waals surface area (Å²) in [5, 5.41) is 9.09. The Bertz CT molecular complexity index is 61.0. The van der Waals surface area contributed by atoms with Crippen LogP contribution in [0.15, 0.2) is 0 Å². The van der Waals surface area contributed by atoms with Gasteiger partial charge in [0.25, 0.3) is 0 Å². The maximum atomic E-state index is 9.09. The predicted octanol–water partition coefficient (Wildman–Crippen LogP) is 0.449. The summed E-state index contributed by atoms with van der Waals surface area (Å²) in [6.07, 6.45) is 3.47. The van der Waals surface area contributed by atoms with Crippen molar-refractivity contribution < 1.29 is 5.11 Å². The van der Waals surface area contributed by atoms with E-state index in [0.717, 1.165) is 18.6 Å². The van der Waals surface area contributed by atoms with Gasteiger partial charge in [0, 0.05) is 0 Å². The summed E-state index contributed by atoms with van der Waals surface area (Å²) >= 11 is 1.75. The van der Waals surface area contributed by atoms with E-state index in [-0.39, 0.29) is 6.10 Å². The normalized spacial score (nSPS) is 13.7. The molecular weight excluding hydrogens is 134 g/mol. The molecule has 3 heteroatoms. The van der Waals surface area contributed by atoms with E-state index in [9.17, 15) is 0 Å². The zero-order chi connectivity index (χ0) is 7.11. The van der Waals surface area contributed by atoms with Gasteiger partial charge in [0.15, 0.2) is 0 Å². The van der Waals surface area contributed by atoms with Crippen LogP contribution >= 0.6 is 11.8 Å². The lowest BCUT2D eigenvalue weighted by Gasteiger charge is -2.05. The average Bonchev–Trinajstić information content (AvgIpc) is 1.85. The Morgan fingerprint density at radius 3 is 2.67 bits per heavy atom. The van der Waals surface area contributed by atoms with Gasteiger partial charge in [-0.1, -0.05) is 0 Å². The number of hydrogen-bond acceptors (Lipinski definition) is 3. The number of hydrogen-bond donors (Lipinski definition) is 2. The third-order valence-electron chi connectivity index (χ3n) is 1.16. The van der Waals surface area contributed by atoms with Gasteiger partial charge in [0.05, 0.1) is 6.10 Å². The molecule has 0 aromatic carbocycles. The number of thioether (sulfide) groups is 1. The van der Waals surface area contributed by atoms with Crippen molar-refractivity contribution >= 4 is 11.8 Å². The molecule has 0 aromatic rings. The molecule has 3 N–H and O–H groups in total. The molecule has 0 aliphatic heterocycles. The van der Waals surface area contributed by atoms with Crippen LogP contribution in [0.25, 0.3) is 0 Å². The first kappa shape index (κ1) is 9.27. The lowest BCUT2D eigenvalue weighted by molar-refractivity contribution is 0.164. The Kier molecular flexibility index (Phi) is 6.58. The fourth-order valence-corrected chi connectivity index (χ4v) is 1.10. The molecule has 2 nitrogen and oxygen atoms in total. The van der Waals surface area contributed by atoms with E-state index in [1.165, 1.54) is 0 Å². The van der Waals surface area contributed by atoms with Gasteiger partial charge in [-0.2, -0.15) is 11.8 Å². The van der Waals surface area contributed by atoms with Crippen molar-refractivity contribution in [1.29, 1.82) is 0 Å². The summed E-state index contributed by atoms with van der Waals surface area (Å²) in [6.45, 7) is 0.593. The maximum absolute atomic E-state index is 9.09. The van der Waals surface area contributed by atoms with Crippen LogP contribution in [-0.2, 0) is 0 Å². The minimum absolute atomic E-state index is 0.178. The van der Waals surface area contributed by atoms with E-state index < -0.39 is 0 Å². The fourth-order valence-electron chi connectivity index (χ4n) is 0.591. The SMILES string of the molecule is CSCC[C@@H](O)CCN. The molecule has 0 fully saturated rings. The molecule has 56 valence electrons. The highest BCUT2D eigenvalue weighted by molar-refractivity contribution is 7.98. The monoisotopic (exact) mass is 149 g/mol. The van der Waals surface area contributed by atoms with Crippen LogP contribution in [0.1, 0.15) is 12.8 Å². The van der Waals surface area contributed by atoms with Crippen molar-refractivity contribution in [1.82, 2.24) is 0 Å². The maximum Gasteiger partial charge on any atom is 0.0560 e. The average molecular weight is 149 g/mol.